The Morgan fingerprint density at radius 3 is 2.29 bits per heavy atom. The smallest absolute Gasteiger partial charge is 0.191 e. The van der Waals surface area contributed by atoms with Crippen molar-refractivity contribution in [3.05, 3.63) is 35.9 Å². The molecule has 0 unspecified atom stereocenters. The van der Waals surface area contributed by atoms with Gasteiger partial charge in [-0.25, -0.2) is 0 Å². The third-order valence-corrected chi connectivity index (χ3v) is 4.44. The van der Waals surface area contributed by atoms with Gasteiger partial charge >= 0.3 is 0 Å². The summed E-state index contributed by atoms with van der Waals surface area (Å²) in [6.45, 7) is 1.98. The first kappa shape index (κ1) is 16.3. The van der Waals surface area contributed by atoms with Crippen molar-refractivity contribution in [2.45, 2.75) is 11.8 Å². The number of aryl methyl sites for hydroxylation is 1. The summed E-state index contributed by atoms with van der Waals surface area (Å²) < 4.78 is 24.8. The van der Waals surface area contributed by atoms with Gasteiger partial charge in [0.05, 0.1) is 21.3 Å². The highest BCUT2D eigenvalue weighted by molar-refractivity contribution is 8.00. The number of fused-ring (bicyclic) bond motifs is 1. The van der Waals surface area contributed by atoms with E-state index in [-0.39, 0.29) is 0 Å². The molecule has 1 heterocycles. The molecule has 3 rings (SSSR count). The molecule has 2 aromatic carbocycles. The highest BCUT2D eigenvalue weighted by atomic mass is 32.2. The summed E-state index contributed by atoms with van der Waals surface area (Å²) in [4.78, 5) is 0.824. The minimum atomic E-state index is 0.583. The first-order chi connectivity index (χ1) is 11.7. The van der Waals surface area contributed by atoms with Gasteiger partial charge in [-0.1, -0.05) is 11.2 Å². The van der Waals surface area contributed by atoms with Crippen LogP contribution in [0.5, 0.6) is 17.2 Å². The minimum absolute atomic E-state index is 0.583. The molecule has 0 amide bonds. The summed E-state index contributed by atoms with van der Waals surface area (Å²) in [7, 11) is 4.87. The van der Waals surface area contributed by atoms with Gasteiger partial charge in [-0.2, -0.15) is 0 Å². The molecule has 3 aromatic rings. The number of nitrogens with one attached hydrogen (secondary N) is 1. The molecule has 0 saturated heterocycles. The lowest BCUT2D eigenvalue weighted by Crippen LogP contribution is -1.95. The topological polar surface area (TPSA) is 65.8 Å². The molecule has 0 atom stereocenters. The molecule has 0 aliphatic carbocycles. The number of aromatic nitrogens is 1. The average Bonchev–Trinajstić information content (AvgIpc) is 3.01. The summed E-state index contributed by atoms with van der Waals surface area (Å²) >= 11 is 1.34. The Bertz CT molecular complexity index is 841. The second-order valence-corrected chi connectivity index (χ2v) is 5.88. The predicted molar refractivity (Wildman–Crippen MR) is 94.3 cm³/mol. The van der Waals surface area contributed by atoms with Crippen LogP contribution in [0.4, 0.5) is 5.82 Å². The van der Waals surface area contributed by atoms with Crippen LogP contribution in [0.1, 0.15) is 5.56 Å². The molecule has 0 saturated carbocycles. The Morgan fingerprint density at radius 2 is 1.67 bits per heavy atom. The number of hydrogen-bond donors (Lipinski definition) is 1. The van der Waals surface area contributed by atoms with Crippen LogP contribution in [0.15, 0.2) is 39.8 Å². The fourth-order valence-electron chi connectivity index (χ4n) is 2.41. The summed E-state index contributed by atoms with van der Waals surface area (Å²) in [5.74, 6) is 2.71. The maximum atomic E-state index is 5.45. The van der Waals surface area contributed by atoms with E-state index >= 15 is 0 Å². The molecule has 24 heavy (non-hydrogen) atoms. The van der Waals surface area contributed by atoms with Crippen LogP contribution in [0.3, 0.4) is 0 Å². The van der Waals surface area contributed by atoms with E-state index in [1.165, 1.54) is 11.9 Å². The van der Waals surface area contributed by atoms with E-state index in [9.17, 15) is 0 Å². The van der Waals surface area contributed by atoms with Crippen molar-refractivity contribution in [2.24, 2.45) is 0 Å². The molecular formula is C17H18N2O4S. The largest absolute Gasteiger partial charge is 0.496 e. The van der Waals surface area contributed by atoms with Crippen molar-refractivity contribution in [3.63, 3.8) is 0 Å². The summed E-state index contributed by atoms with van der Waals surface area (Å²) in [6, 6.07) is 9.48. The highest BCUT2D eigenvalue weighted by Gasteiger charge is 2.17. The Hall–Kier alpha value is -2.54. The predicted octanol–water partition coefficient (Wildman–Crippen LogP) is 4.28. The van der Waals surface area contributed by atoms with Crippen LogP contribution in [-0.4, -0.2) is 26.5 Å². The highest BCUT2D eigenvalue weighted by Crippen LogP contribution is 2.40. The second kappa shape index (κ2) is 6.92. The molecule has 0 bridgehead atoms. The molecule has 0 radical (unpaired) electrons. The first-order valence-corrected chi connectivity index (χ1v) is 8.07. The summed E-state index contributed by atoms with van der Waals surface area (Å²) in [6.07, 6.45) is 0. The van der Waals surface area contributed by atoms with Gasteiger partial charge in [0.25, 0.3) is 0 Å². The third kappa shape index (κ3) is 2.94. The minimum Gasteiger partial charge on any atom is -0.496 e. The molecule has 0 aliphatic rings. The van der Waals surface area contributed by atoms with E-state index in [1.54, 1.807) is 21.3 Å². The molecule has 126 valence electrons. The fraction of sp³-hybridized carbons (Fsp3) is 0.235. The van der Waals surface area contributed by atoms with Gasteiger partial charge in [-0.05, 0) is 48.7 Å². The zero-order chi connectivity index (χ0) is 17.1. The van der Waals surface area contributed by atoms with Gasteiger partial charge in [0.2, 0.25) is 0 Å². The van der Waals surface area contributed by atoms with Crippen molar-refractivity contribution in [1.29, 1.82) is 0 Å². The molecule has 0 aliphatic heterocycles. The van der Waals surface area contributed by atoms with Gasteiger partial charge in [-0.15, -0.1) is 0 Å². The molecule has 0 spiro atoms. The first-order valence-electron chi connectivity index (χ1n) is 7.25. The lowest BCUT2D eigenvalue weighted by atomic mass is 10.1. The van der Waals surface area contributed by atoms with Crippen molar-refractivity contribution in [3.8, 4) is 17.2 Å². The Morgan fingerprint density at radius 1 is 1.00 bits per heavy atom. The summed E-state index contributed by atoms with van der Waals surface area (Å²) in [5, 5.41) is 4.90. The van der Waals surface area contributed by atoms with E-state index in [2.05, 4.69) is 9.88 Å². The van der Waals surface area contributed by atoms with Crippen LogP contribution in [0.2, 0.25) is 0 Å². The van der Waals surface area contributed by atoms with Crippen LogP contribution in [0.25, 0.3) is 11.0 Å². The maximum absolute atomic E-state index is 5.45. The second-order valence-electron chi connectivity index (χ2n) is 5.07. The zero-order valence-electron chi connectivity index (χ0n) is 13.9. The lowest BCUT2D eigenvalue weighted by molar-refractivity contribution is 0.376. The maximum Gasteiger partial charge on any atom is 0.191 e. The fourth-order valence-corrected chi connectivity index (χ4v) is 3.26. The van der Waals surface area contributed by atoms with Crippen LogP contribution in [0, 0.1) is 6.92 Å². The van der Waals surface area contributed by atoms with Crippen molar-refractivity contribution in [2.75, 3.05) is 26.1 Å². The number of methoxy groups -OCH3 is 3. The van der Waals surface area contributed by atoms with Crippen LogP contribution >= 0.6 is 11.9 Å². The Kier molecular flexibility index (Phi) is 4.71. The quantitative estimate of drug-likeness (QED) is 0.668. The molecule has 0 fully saturated rings. The molecule has 1 N–H and O–H groups in total. The normalized spacial score (nSPS) is 10.7. The van der Waals surface area contributed by atoms with E-state index in [4.69, 9.17) is 18.7 Å². The van der Waals surface area contributed by atoms with Gasteiger partial charge in [0.1, 0.15) is 27.5 Å². The zero-order valence-corrected chi connectivity index (χ0v) is 14.7. The monoisotopic (exact) mass is 346 g/mol. The lowest BCUT2D eigenvalue weighted by Gasteiger charge is -2.12. The van der Waals surface area contributed by atoms with Gasteiger partial charge in [0, 0.05) is 0 Å². The molecular weight excluding hydrogens is 328 g/mol. The average molecular weight is 346 g/mol. The molecule has 7 heteroatoms. The molecule has 6 nitrogen and oxygen atoms in total. The number of benzene rings is 2. The summed E-state index contributed by atoms with van der Waals surface area (Å²) in [5.41, 5.74) is 1.71. The number of anilines is 1. The van der Waals surface area contributed by atoms with E-state index < -0.39 is 0 Å². The van der Waals surface area contributed by atoms with Gasteiger partial charge in [-0.3, -0.25) is 0 Å². The number of rotatable bonds is 6. The van der Waals surface area contributed by atoms with Crippen molar-refractivity contribution in [1.82, 2.24) is 5.16 Å². The van der Waals surface area contributed by atoms with Gasteiger partial charge in [0.15, 0.2) is 11.4 Å². The molecule has 1 aromatic heterocycles. The van der Waals surface area contributed by atoms with Crippen molar-refractivity contribution < 1.29 is 18.7 Å². The number of hydrogen-bond acceptors (Lipinski definition) is 7. The van der Waals surface area contributed by atoms with Gasteiger partial charge < -0.3 is 23.5 Å². The van der Waals surface area contributed by atoms with Crippen molar-refractivity contribution >= 4 is 28.7 Å². The Labute approximate surface area is 144 Å². The van der Waals surface area contributed by atoms with E-state index in [0.29, 0.717) is 28.6 Å². The Balaban J connectivity index is 1.95. The van der Waals surface area contributed by atoms with Crippen LogP contribution in [-0.2, 0) is 0 Å². The number of ether oxygens (including phenoxy) is 3. The number of nitrogens with zero attached hydrogens (tertiary/aromatic N) is 1. The SMILES string of the molecule is COc1cccc(OC)c1SNc1noc2cc(C)cc(OC)c12. The van der Waals surface area contributed by atoms with E-state index in [1.807, 2.05) is 37.3 Å². The standard InChI is InChI=1S/C17H18N2O4S/c1-10-8-13(22-4)15-14(9-10)23-18-17(15)19-24-16-11(20-2)6-5-7-12(16)21-3/h5-9H,1-4H3,(H,18,19). The van der Waals surface area contributed by atoms with Crippen LogP contribution < -0.4 is 18.9 Å². The van der Waals surface area contributed by atoms with E-state index in [0.717, 1.165) is 15.8 Å². The third-order valence-electron chi connectivity index (χ3n) is 3.53.